The molecular formula is C25H31BrO10. The fraction of sp³-hybridized carbons (Fsp3) is 0.760. The predicted octanol–water partition coefficient (Wildman–Crippen LogP) is 1.80. The van der Waals surface area contributed by atoms with Gasteiger partial charge in [-0.3, -0.25) is 19.2 Å². The van der Waals surface area contributed by atoms with Gasteiger partial charge >= 0.3 is 23.9 Å². The van der Waals surface area contributed by atoms with Crippen LogP contribution in [-0.2, 0) is 42.9 Å². The summed E-state index contributed by atoms with van der Waals surface area (Å²) in [5.41, 5.74) is -4.37. The van der Waals surface area contributed by atoms with E-state index in [2.05, 4.69) is 15.9 Å². The Kier molecular flexibility index (Phi) is 5.71. The molecular weight excluding hydrogens is 540 g/mol. The minimum absolute atomic E-state index is 0.279. The highest BCUT2D eigenvalue weighted by atomic mass is 79.9. The topological polar surface area (TPSA) is 135 Å². The summed E-state index contributed by atoms with van der Waals surface area (Å²) < 4.78 is 27.2. The highest BCUT2D eigenvalue weighted by Crippen LogP contribution is 2.79. The third kappa shape index (κ3) is 2.96. The number of halogens is 1. The predicted molar refractivity (Wildman–Crippen MR) is 124 cm³/mol. The minimum Gasteiger partial charge on any atom is -0.458 e. The van der Waals surface area contributed by atoms with E-state index in [-0.39, 0.29) is 25.7 Å². The van der Waals surface area contributed by atoms with Gasteiger partial charge in [0.2, 0.25) is 0 Å². The molecule has 0 amide bonds. The van der Waals surface area contributed by atoms with Gasteiger partial charge in [-0.25, -0.2) is 0 Å². The summed E-state index contributed by atoms with van der Waals surface area (Å²) in [6.07, 6.45) is 4.00. The monoisotopic (exact) mass is 570 g/mol. The van der Waals surface area contributed by atoms with Crippen molar-refractivity contribution in [1.82, 2.24) is 0 Å². The van der Waals surface area contributed by atoms with Crippen LogP contribution in [0.25, 0.3) is 0 Å². The van der Waals surface area contributed by atoms with Gasteiger partial charge in [-0.15, -0.1) is 0 Å². The van der Waals surface area contributed by atoms with Crippen LogP contribution in [0.3, 0.4) is 0 Å². The molecule has 4 aliphatic carbocycles. The van der Waals surface area contributed by atoms with Crippen LogP contribution in [-0.4, -0.2) is 71.1 Å². The van der Waals surface area contributed by atoms with Gasteiger partial charge < -0.3 is 28.8 Å². The highest BCUT2D eigenvalue weighted by Gasteiger charge is 2.86. The number of ether oxygens (including phenoxy) is 5. The molecule has 5 rings (SSSR count). The van der Waals surface area contributed by atoms with Crippen molar-refractivity contribution >= 4 is 39.8 Å². The lowest BCUT2D eigenvalue weighted by Gasteiger charge is -2.46. The van der Waals surface area contributed by atoms with Crippen LogP contribution in [0.5, 0.6) is 0 Å². The fourth-order valence-electron chi connectivity index (χ4n) is 8.48. The summed E-state index contributed by atoms with van der Waals surface area (Å²) in [7, 11) is 1.40. The van der Waals surface area contributed by atoms with E-state index in [4.69, 9.17) is 23.7 Å². The second-order valence-electron chi connectivity index (χ2n) is 11.1. The molecule has 0 aromatic heterocycles. The Morgan fingerprint density at radius 1 is 1.22 bits per heavy atom. The van der Waals surface area contributed by atoms with Crippen molar-refractivity contribution in [2.75, 3.05) is 20.5 Å². The maximum absolute atomic E-state index is 13.8. The van der Waals surface area contributed by atoms with Crippen LogP contribution in [0.2, 0.25) is 0 Å². The molecule has 1 heterocycles. The number of carbonyl (C=O) groups is 4. The second-order valence-corrected chi connectivity index (χ2v) is 12.6. The first-order valence-corrected chi connectivity index (χ1v) is 12.9. The second kappa shape index (κ2) is 8.01. The molecule has 198 valence electrons. The number of fused-ring (bicyclic) bond motifs is 1. The molecule has 1 aliphatic heterocycles. The van der Waals surface area contributed by atoms with Gasteiger partial charge in [-0.1, -0.05) is 15.9 Å². The van der Waals surface area contributed by atoms with Crippen LogP contribution in [0, 0.1) is 28.6 Å². The summed E-state index contributed by atoms with van der Waals surface area (Å²) in [5, 5.41) is 10.5. The molecule has 3 saturated carbocycles. The van der Waals surface area contributed by atoms with E-state index in [0.29, 0.717) is 19.3 Å². The molecule has 36 heavy (non-hydrogen) atoms. The van der Waals surface area contributed by atoms with Crippen molar-refractivity contribution in [2.45, 2.75) is 68.1 Å². The van der Waals surface area contributed by atoms with Gasteiger partial charge in [0, 0.05) is 32.8 Å². The smallest absolute Gasteiger partial charge is 0.317 e. The van der Waals surface area contributed by atoms with E-state index in [9.17, 15) is 24.3 Å². The van der Waals surface area contributed by atoms with E-state index in [1.807, 2.05) is 0 Å². The van der Waals surface area contributed by atoms with E-state index >= 15 is 0 Å². The lowest BCUT2D eigenvalue weighted by molar-refractivity contribution is -0.177. The maximum Gasteiger partial charge on any atom is 0.317 e. The van der Waals surface area contributed by atoms with Gasteiger partial charge in [0.1, 0.15) is 22.7 Å². The largest absolute Gasteiger partial charge is 0.458 e. The number of methoxy groups -OCH3 is 1. The van der Waals surface area contributed by atoms with Crippen molar-refractivity contribution in [3.05, 3.63) is 12.2 Å². The molecule has 9 atom stereocenters. The van der Waals surface area contributed by atoms with E-state index in [1.54, 1.807) is 19.1 Å². The Morgan fingerprint density at radius 2 is 1.94 bits per heavy atom. The number of rotatable bonds is 6. The number of aliphatic hydroxyl groups is 1. The van der Waals surface area contributed by atoms with Gasteiger partial charge in [0.05, 0.1) is 16.8 Å². The summed E-state index contributed by atoms with van der Waals surface area (Å²) in [4.78, 5) is 51.4. The molecule has 0 aromatic rings. The van der Waals surface area contributed by atoms with Crippen LogP contribution >= 0.6 is 15.9 Å². The Hall–Kier alpha value is -1.98. The third-order valence-corrected chi connectivity index (χ3v) is 10.7. The molecule has 1 N–H and O–H groups in total. The Morgan fingerprint density at radius 3 is 2.56 bits per heavy atom. The van der Waals surface area contributed by atoms with E-state index < -0.39 is 68.2 Å². The van der Waals surface area contributed by atoms with E-state index in [0.717, 1.165) is 0 Å². The summed E-state index contributed by atoms with van der Waals surface area (Å²) in [6.45, 7) is 3.66. The standard InChI is InChI=1S/C25H31BrO10/c1-13(28)34-16-6-8-25-15-5-7-24(35-14(2)29)10-22(15,9-23(24,26)11-27)17(19(30)33-12-32-4)18(25)21(16,3)20(31)36-25/h6,8,15-18,27H,5,7,9-12H2,1-4H3/t15-,16+,17-,18-,21-,22+,23+,24+,25-/m1/s1. The van der Waals surface area contributed by atoms with Crippen LogP contribution in [0.15, 0.2) is 12.2 Å². The molecule has 0 unspecified atom stereocenters. The first-order valence-electron chi connectivity index (χ1n) is 12.1. The molecule has 4 bridgehead atoms. The average molecular weight is 571 g/mol. The Bertz CT molecular complexity index is 1060. The van der Waals surface area contributed by atoms with Gasteiger partial charge in [-0.05, 0) is 50.2 Å². The van der Waals surface area contributed by atoms with Gasteiger partial charge in [0.15, 0.2) is 6.79 Å². The highest BCUT2D eigenvalue weighted by molar-refractivity contribution is 9.10. The fourth-order valence-corrected chi connectivity index (χ4v) is 9.42. The summed E-state index contributed by atoms with van der Waals surface area (Å²) >= 11 is 3.72. The van der Waals surface area contributed by atoms with Crippen molar-refractivity contribution < 1.29 is 48.0 Å². The van der Waals surface area contributed by atoms with Crippen LogP contribution in [0.4, 0.5) is 0 Å². The zero-order valence-electron chi connectivity index (χ0n) is 20.7. The molecule has 5 aliphatic rings. The SMILES string of the molecule is COCOC(=O)[C@H]1[C@H]2[C@@]3(C=C[C@H](OC(C)=O)[C@@]2(C)C(=O)O3)[C@@H]2CC[C@]3(OC(C)=O)C[C@@]21C[C@]3(Br)CO. The maximum atomic E-state index is 13.8. The van der Waals surface area contributed by atoms with E-state index in [1.165, 1.54) is 21.0 Å². The number of esters is 4. The summed E-state index contributed by atoms with van der Waals surface area (Å²) in [5.74, 6) is -4.04. The lowest BCUT2D eigenvalue weighted by atomic mass is 9.61. The lowest BCUT2D eigenvalue weighted by Crippen LogP contribution is -2.53. The average Bonchev–Trinajstić information content (AvgIpc) is 3.21. The van der Waals surface area contributed by atoms with Crippen molar-refractivity contribution in [3.63, 3.8) is 0 Å². The third-order valence-electron chi connectivity index (χ3n) is 9.49. The number of hydrogen-bond acceptors (Lipinski definition) is 10. The minimum atomic E-state index is -1.34. The summed E-state index contributed by atoms with van der Waals surface area (Å²) in [6, 6.07) is 0. The first-order chi connectivity index (χ1) is 16.9. The van der Waals surface area contributed by atoms with Crippen molar-refractivity contribution in [2.24, 2.45) is 28.6 Å². The first kappa shape index (κ1) is 25.7. The number of hydrogen-bond donors (Lipinski definition) is 1. The number of carbonyl (C=O) groups excluding carboxylic acids is 4. The van der Waals surface area contributed by atoms with Gasteiger partial charge in [-0.2, -0.15) is 0 Å². The number of aliphatic hydroxyl groups excluding tert-OH is 1. The molecule has 11 heteroatoms. The Labute approximate surface area is 217 Å². The molecule has 4 fully saturated rings. The van der Waals surface area contributed by atoms with Crippen LogP contribution in [0.1, 0.15) is 46.5 Å². The molecule has 10 nitrogen and oxygen atoms in total. The molecule has 0 aromatic carbocycles. The zero-order chi connectivity index (χ0) is 26.3. The molecule has 1 spiro atoms. The van der Waals surface area contributed by atoms with Crippen LogP contribution < -0.4 is 0 Å². The molecule has 1 saturated heterocycles. The zero-order valence-corrected chi connectivity index (χ0v) is 22.3. The van der Waals surface area contributed by atoms with Crippen molar-refractivity contribution in [3.8, 4) is 0 Å². The normalized spacial score (nSPS) is 47.6. The quantitative estimate of drug-likeness (QED) is 0.165. The Balaban J connectivity index is 1.71. The number of alkyl halides is 1. The van der Waals surface area contributed by atoms with Gasteiger partial charge in [0.25, 0.3) is 0 Å². The van der Waals surface area contributed by atoms with Crippen molar-refractivity contribution in [1.29, 1.82) is 0 Å². The molecule has 0 radical (unpaired) electrons.